The Morgan fingerprint density at radius 2 is 1.73 bits per heavy atom. The molecule has 0 spiro atoms. The molecule has 0 aliphatic carbocycles. The highest BCUT2D eigenvalue weighted by Crippen LogP contribution is 2.32. The number of amides is 1. The number of hydrogen-bond donors (Lipinski definition) is 0. The van der Waals surface area contributed by atoms with Crippen LogP contribution >= 0.6 is 0 Å². The van der Waals surface area contributed by atoms with Gasteiger partial charge in [-0.25, -0.2) is 0 Å². The van der Waals surface area contributed by atoms with Gasteiger partial charge in [-0.05, 0) is 37.1 Å². The lowest BCUT2D eigenvalue weighted by Crippen LogP contribution is -2.51. The molecule has 2 aromatic carbocycles. The van der Waals surface area contributed by atoms with Crippen LogP contribution in [0.4, 0.5) is 0 Å². The van der Waals surface area contributed by atoms with Crippen LogP contribution in [-0.2, 0) is 6.42 Å². The lowest BCUT2D eigenvalue weighted by molar-refractivity contribution is 0.0582. The summed E-state index contributed by atoms with van der Waals surface area (Å²) >= 11 is 0. The van der Waals surface area contributed by atoms with Crippen LogP contribution in [0.3, 0.4) is 0 Å². The smallest absolute Gasteiger partial charge is 0.254 e. The van der Waals surface area contributed by atoms with Crippen molar-refractivity contribution < 1.29 is 14.3 Å². The van der Waals surface area contributed by atoms with Gasteiger partial charge in [0.15, 0.2) is 11.5 Å². The van der Waals surface area contributed by atoms with E-state index >= 15 is 0 Å². The molecule has 0 N–H and O–H groups in total. The quantitative estimate of drug-likeness (QED) is 0.849. The molecule has 136 valence electrons. The van der Waals surface area contributed by atoms with Crippen LogP contribution in [0.2, 0.25) is 0 Å². The van der Waals surface area contributed by atoms with Crippen molar-refractivity contribution in [2.24, 2.45) is 0 Å². The highest BCUT2D eigenvalue weighted by atomic mass is 16.7. The van der Waals surface area contributed by atoms with Crippen LogP contribution in [0.25, 0.3) is 0 Å². The third-order valence-corrected chi connectivity index (χ3v) is 5.22. The van der Waals surface area contributed by atoms with Gasteiger partial charge in [0.1, 0.15) is 0 Å². The Morgan fingerprint density at radius 3 is 2.50 bits per heavy atom. The minimum atomic E-state index is 0.0682. The first-order valence-corrected chi connectivity index (χ1v) is 9.17. The van der Waals surface area contributed by atoms with Crippen LogP contribution in [0, 0.1) is 0 Å². The molecule has 5 nitrogen and oxygen atoms in total. The predicted octanol–water partition coefficient (Wildman–Crippen LogP) is 2.80. The summed E-state index contributed by atoms with van der Waals surface area (Å²) in [6.07, 6.45) is 1.04. The predicted molar refractivity (Wildman–Crippen MR) is 99.6 cm³/mol. The summed E-state index contributed by atoms with van der Waals surface area (Å²) in [4.78, 5) is 17.2. The fourth-order valence-electron chi connectivity index (χ4n) is 3.66. The van der Waals surface area contributed by atoms with E-state index in [0.29, 0.717) is 23.1 Å². The number of ether oxygens (including phenoxy) is 2. The van der Waals surface area contributed by atoms with Crippen LogP contribution in [-0.4, -0.2) is 54.7 Å². The Kier molecular flexibility index (Phi) is 4.80. The second kappa shape index (κ2) is 7.38. The van der Waals surface area contributed by atoms with E-state index in [2.05, 4.69) is 42.2 Å². The Balaban J connectivity index is 1.33. The fraction of sp³-hybridized carbons (Fsp3) is 0.381. The van der Waals surface area contributed by atoms with Crippen molar-refractivity contribution in [2.45, 2.75) is 19.4 Å². The molecule has 4 rings (SSSR count). The molecule has 0 aromatic heterocycles. The Bertz CT molecular complexity index is 770. The Hall–Kier alpha value is -2.53. The van der Waals surface area contributed by atoms with E-state index in [1.54, 1.807) is 6.07 Å². The van der Waals surface area contributed by atoms with E-state index in [4.69, 9.17) is 9.47 Å². The van der Waals surface area contributed by atoms with Gasteiger partial charge in [0.25, 0.3) is 5.91 Å². The third kappa shape index (κ3) is 3.53. The van der Waals surface area contributed by atoms with Crippen LogP contribution in [0.1, 0.15) is 22.8 Å². The number of fused-ring (bicyclic) bond motifs is 1. The summed E-state index contributed by atoms with van der Waals surface area (Å²) in [6.45, 7) is 5.82. The maximum absolute atomic E-state index is 12.8. The molecular formula is C21H24N2O3. The van der Waals surface area contributed by atoms with Crippen molar-refractivity contribution >= 4 is 5.91 Å². The molecule has 1 unspecified atom stereocenters. The van der Waals surface area contributed by atoms with Gasteiger partial charge in [-0.1, -0.05) is 30.3 Å². The number of benzene rings is 2. The first kappa shape index (κ1) is 16.9. The molecule has 0 radical (unpaired) electrons. The lowest BCUT2D eigenvalue weighted by Gasteiger charge is -2.38. The molecule has 1 saturated heterocycles. The molecular weight excluding hydrogens is 328 g/mol. The number of piperazine rings is 1. The van der Waals surface area contributed by atoms with E-state index in [0.717, 1.165) is 32.6 Å². The summed E-state index contributed by atoms with van der Waals surface area (Å²) in [5, 5.41) is 0. The SMILES string of the molecule is CC(Cc1ccccc1)N1CCN(C(=O)c2ccc3c(c2)OCO3)CC1. The summed E-state index contributed by atoms with van der Waals surface area (Å²) in [5.74, 6) is 1.44. The van der Waals surface area contributed by atoms with Crippen molar-refractivity contribution in [3.63, 3.8) is 0 Å². The van der Waals surface area contributed by atoms with Gasteiger partial charge >= 0.3 is 0 Å². The van der Waals surface area contributed by atoms with E-state index in [1.807, 2.05) is 17.0 Å². The number of carbonyl (C=O) groups excluding carboxylic acids is 1. The maximum Gasteiger partial charge on any atom is 0.254 e. The summed E-state index contributed by atoms with van der Waals surface area (Å²) in [5.41, 5.74) is 2.03. The molecule has 5 heteroatoms. The number of nitrogens with zero attached hydrogens (tertiary/aromatic N) is 2. The molecule has 2 aliphatic rings. The van der Waals surface area contributed by atoms with Crippen LogP contribution in [0.15, 0.2) is 48.5 Å². The largest absolute Gasteiger partial charge is 0.454 e. The highest BCUT2D eigenvalue weighted by Gasteiger charge is 2.26. The molecule has 1 fully saturated rings. The molecule has 0 saturated carbocycles. The minimum Gasteiger partial charge on any atom is -0.454 e. The second-order valence-corrected chi connectivity index (χ2v) is 6.93. The van der Waals surface area contributed by atoms with Gasteiger partial charge in [0.2, 0.25) is 6.79 Å². The number of rotatable bonds is 4. The molecule has 1 amide bonds. The zero-order chi connectivity index (χ0) is 17.9. The maximum atomic E-state index is 12.8. The Labute approximate surface area is 154 Å². The van der Waals surface area contributed by atoms with Gasteiger partial charge in [0, 0.05) is 37.8 Å². The van der Waals surface area contributed by atoms with E-state index < -0.39 is 0 Å². The molecule has 2 aliphatic heterocycles. The van der Waals surface area contributed by atoms with Crippen molar-refractivity contribution in [3.05, 3.63) is 59.7 Å². The number of hydrogen-bond acceptors (Lipinski definition) is 4. The zero-order valence-corrected chi connectivity index (χ0v) is 15.1. The second-order valence-electron chi connectivity index (χ2n) is 6.93. The van der Waals surface area contributed by atoms with E-state index in [1.165, 1.54) is 5.56 Å². The summed E-state index contributed by atoms with van der Waals surface area (Å²) < 4.78 is 10.7. The molecule has 2 aromatic rings. The van der Waals surface area contributed by atoms with Crippen molar-refractivity contribution in [2.75, 3.05) is 33.0 Å². The van der Waals surface area contributed by atoms with Crippen LogP contribution < -0.4 is 9.47 Å². The standard InChI is InChI=1S/C21H24N2O3/c1-16(13-17-5-3-2-4-6-17)22-9-11-23(12-10-22)21(24)18-7-8-19-20(14-18)26-15-25-19/h2-8,14,16H,9-13,15H2,1H3. The van der Waals surface area contributed by atoms with Gasteiger partial charge in [-0.15, -0.1) is 0 Å². The van der Waals surface area contributed by atoms with Gasteiger partial charge in [-0.2, -0.15) is 0 Å². The lowest BCUT2D eigenvalue weighted by atomic mass is 10.1. The fourth-order valence-corrected chi connectivity index (χ4v) is 3.66. The van der Waals surface area contributed by atoms with Crippen molar-refractivity contribution in [1.29, 1.82) is 0 Å². The van der Waals surface area contributed by atoms with Gasteiger partial charge in [0.05, 0.1) is 0 Å². The average molecular weight is 352 g/mol. The summed E-state index contributed by atoms with van der Waals surface area (Å²) in [6, 6.07) is 16.5. The average Bonchev–Trinajstić information content (AvgIpc) is 3.16. The highest BCUT2D eigenvalue weighted by molar-refractivity contribution is 5.95. The molecule has 26 heavy (non-hydrogen) atoms. The van der Waals surface area contributed by atoms with Crippen molar-refractivity contribution in [1.82, 2.24) is 9.80 Å². The van der Waals surface area contributed by atoms with E-state index in [-0.39, 0.29) is 12.7 Å². The molecule has 1 atom stereocenters. The third-order valence-electron chi connectivity index (χ3n) is 5.22. The first-order valence-electron chi connectivity index (χ1n) is 9.17. The number of carbonyl (C=O) groups is 1. The van der Waals surface area contributed by atoms with E-state index in [9.17, 15) is 4.79 Å². The topological polar surface area (TPSA) is 42.0 Å². The van der Waals surface area contributed by atoms with Gasteiger partial charge < -0.3 is 14.4 Å². The molecule has 2 heterocycles. The van der Waals surface area contributed by atoms with Gasteiger partial charge in [-0.3, -0.25) is 9.69 Å². The minimum absolute atomic E-state index is 0.0682. The van der Waals surface area contributed by atoms with Crippen molar-refractivity contribution in [3.8, 4) is 11.5 Å². The first-order chi connectivity index (χ1) is 12.7. The zero-order valence-electron chi connectivity index (χ0n) is 15.1. The summed E-state index contributed by atoms with van der Waals surface area (Å²) in [7, 11) is 0. The monoisotopic (exact) mass is 352 g/mol. The Morgan fingerprint density at radius 1 is 1.00 bits per heavy atom. The normalized spacial score (nSPS) is 18.0. The van der Waals surface area contributed by atoms with Crippen LogP contribution in [0.5, 0.6) is 11.5 Å². The molecule has 0 bridgehead atoms.